The first-order valence-corrected chi connectivity index (χ1v) is 11.1. The number of hydrogen-bond acceptors (Lipinski definition) is 9. The Morgan fingerprint density at radius 1 is 1.03 bits per heavy atom. The molecule has 0 amide bonds. The van der Waals surface area contributed by atoms with Gasteiger partial charge in [0.2, 0.25) is 12.2 Å². The zero-order chi connectivity index (χ0) is 24.2. The summed E-state index contributed by atoms with van der Waals surface area (Å²) in [6.45, 7) is -3.42. The Hall–Kier alpha value is -2.57. The highest BCUT2D eigenvalue weighted by Crippen LogP contribution is 2.35. The van der Waals surface area contributed by atoms with E-state index in [0.717, 1.165) is 24.0 Å². The van der Waals surface area contributed by atoms with Crippen molar-refractivity contribution in [2.45, 2.75) is 69.0 Å². The highest BCUT2D eigenvalue weighted by Gasteiger charge is 2.43. The number of benzene rings is 1. The van der Waals surface area contributed by atoms with Gasteiger partial charge in [-0.1, -0.05) is 12.1 Å². The molecule has 0 bridgehead atoms. The van der Waals surface area contributed by atoms with Gasteiger partial charge in [-0.3, -0.25) is 0 Å². The maximum absolute atomic E-state index is 12.7. The summed E-state index contributed by atoms with van der Waals surface area (Å²) in [7, 11) is 0. The summed E-state index contributed by atoms with van der Waals surface area (Å²) < 4.78 is 46.6. The van der Waals surface area contributed by atoms with Crippen molar-refractivity contribution < 1.29 is 43.0 Å². The molecule has 1 aromatic heterocycles. The number of hydrogen-bond donors (Lipinski definition) is 4. The van der Waals surface area contributed by atoms with Gasteiger partial charge in [0.15, 0.2) is 11.5 Å². The van der Waals surface area contributed by atoms with Crippen LogP contribution in [0.3, 0.4) is 0 Å². The minimum absolute atomic E-state index is 0.0260. The largest absolute Gasteiger partial charge is 0.487 e. The van der Waals surface area contributed by atoms with Gasteiger partial charge in [0, 0.05) is 12.3 Å². The lowest BCUT2D eigenvalue weighted by Gasteiger charge is -2.40. The number of alkyl halides is 2. The maximum atomic E-state index is 12.7. The van der Waals surface area contributed by atoms with E-state index in [9.17, 15) is 24.1 Å². The number of nitrogens with two attached hydrogens (primary N) is 1. The molecule has 5 unspecified atom stereocenters. The molecular formula is C23H28F2N2O7. The number of aliphatic hydroxyl groups is 3. The standard InChI is InChI=1S/C23H28F2N2O7/c24-23(25)33-15-7-3-12(9-16(15)31-14-5-6-14)1-2-13-4-8-18(27-10-13)34-22-19(26)21(30)20(29)17(11-28)32-22/h3-4,7-10,14,17,19-23,28-30H,1-2,5-6,11,26H2. The normalized spacial score (nSPS) is 27.0. The predicted molar refractivity (Wildman–Crippen MR) is 115 cm³/mol. The molecule has 1 aliphatic heterocycles. The van der Waals surface area contributed by atoms with E-state index < -0.39 is 43.9 Å². The van der Waals surface area contributed by atoms with Crippen molar-refractivity contribution in [2.75, 3.05) is 6.61 Å². The Balaban J connectivity index is 1.35. The molecule has 5 atom stereocenters. The van der Waals surface area contributed by atoms with Crippen LogP contribution in [0.4, 0.5) is 8.78 Å². The lowest BCUT2D eigenvalue weighted by atomic mass is 9.98. The van der Waals surface area contributed by atoms with Gasteiger partial charge < -0.3 is 40.0 Å². The number of nitrogens with zero attached hydrogens (tertiary/aromatic N) is 1. The zero-order valence-electron chi connectivity index (χ0n) is 18.3. The molecule has 186 valence electrons. The molecule has 1 aliphatic carbocycles. The minimum atomic E-state index is -2.92. The second-order valence-corrected chi connectivity index (χ2v) is 8.38. The third-order valence-corrected chi connectivity index (χ3v) is 5.71. The third-order valence-electron chi connectivity index (χ3n) is 5.71. The van der Waals surface area contributed by atoms with E-state index in [1.165, 1.54) is 6.07 Å². The molecule has 34 heavy (non-hydrogen) atoms. The van der Waals surface area contributed by atoms with Crippen molar-refractivity contribution in [1.29, 1.82) is 0 Å². The zero-order valence-corrected chi connectivity index (χ0v) is 18.3. The van der Waals surface area contributed by atoms with Crippen LogP contribution in [0.1, 0.15) is 24.0 Å². The molecular weight excluding hydrogens is 454 g/mol. The summed E-state index contributed by atoms with van der Waals surface area (Å²) in [6.07, 6.45) is -0.0378. The second kappa shape index (κ2) is 10.8. The van der Waals surface area contributed by atoms with Crippen LogP contribution in [0.25, 0.3) is 0 Å². The van der Waals surface area contributed by atoms with Crippen LogP contribution in [-0.4, -0.2) is 70.3 Å². The lowest BCUT2D eigenvalue weighted by molar-refractivity contribution is -0.240. The van der Waals surface area contributed by atoms with E-state index >= 15 is 0 Å². The van der Waals surface area contributed by atoms with E-state index in [1.807, 2.05) is 0 Å². The number of aromatic nitrogens is 1. The molecule has 2 aromatic rings. The van der Waals surface area contributed by atoms with Crippen LogP contribution in [0.15, 0.2) is 36.5 Å². The first-order valence-electron chi connectivity index (χ1n) is 11.1. The van der Waals surface area contributed by atoms with Crippen molar-refractivity contribution in [3.8, 4) is 17.4 Å². The van der Waals surface area contributed by atoms with E-state index in [-0.39, 0.29) is 17.7 Å². The smallest absolute Gasteiger partial charge is 0.387 e. The van der Waals surface area contributed by atoms with Crippen LogP contribution in [-0.2, 0) is 17.6 Å². The van der Waals surface area contributed by atoms with Crippen LogP contribution < -0.4 is 19.9 Å². The van der Waals surface area contributed by atoms with Crippen molar-refractivity contribution in [1.82, 2.24) is 4.98 Å². The molecule has 9 nitrogen and oxygen atoms in total. The van der Waals surface area contributed by atoms with Gasteiger partial charge in [0.25, 0.3) is 0 Å². The fraction of sp³-hybridized carbons (Fsp3) is 0.522. The van der Waals surface area contributed by atoms with Crippen LogP contribution >= 0.6 is 0 Å². The Labute approximate surface area is 195 Å². The van der Waals surface area contributed by atoms with Crippen molar-refractivity contribution in [2.24, 2.45) is 5.73 Å². The third kappa shape index (κ3) is 6.10. The minimum Gasteiger partial charge on any atom is -0.487 e. The van der Waals surface area contributed by atoms with E-state index in [2.05, 4.69) is 9.72 Å². The van der Waals surface area contributed by atoms with Crippen LogP contribution in [0, 0.1) is 0 Å². The average molecular weight is 482 g/mol. The number of aliphatic hydroxyl groups excluding tert-OH is 3. The molecule has 4 rings (SSSR count). The van der Waals surface area contributed by atoms with Crippen LogP contribution in [0.2, 0.25) is 0 Å². The fourth-order valence-electron chi connectivity index (χ4n) is 3.60. The molecule has 1 saturated heterocycles. The maximum Gasteiger partial charge on any atom is 0.387 e. The SMILES string of the molecule is NC1C(Oc2ccc(CCc3ccc(OC(F)F)c(OC4CC4)c3)cn2)OC(CO)C(O)C1O. The molecule has 2 heterocycles. The fourth-order valence-corrected chi connectivity index (χ4v) is 3.60. The summed E-state index contributed by atoms with van der Waals surface area (Å²) in [5.41, 5.74) is 7.68. The molecule has 11 heteroatoms. The Kier molecular flexibility index (Phi) is 7.79. The quantitative estimate of drug-likeness (QED) is 0.393. The Bertz CT molecular complexity index is 943. The van der Waals surface area contributed by atoms with Gasteiger partial charge in [0.1, 0.15) is 18.3 Å². The lowest BCUT2D eigenvalue weighted by Crippen LogP contribution is -2.63. The van der Waals surface area contributed by atoms with Gasteiger partial charge in [-0.15, -0.1) is 0 Å². The van der Waals surface area contributed by atoms with Gasteiger partial charge in [-0.05, 0) is 48.9 Å². The van der Waals surface area contributed by atoms with Gasteiger partial charge in [-0.2, -0.15) is 8.78 Å². The van der Waals surface area contributed by atoms with Gasteiger partial charge in [0.05, 0.1) is 18.8 Å². The predicted octanol–water partition coefficient (Wildman–Crippen LogP) is 1.15. The number of halogens is 2. The molecule has 1 aromatic carbocycles. The van der Waals surface area contributed by atoms with Gasteiger partial charge >= 0.3 is 6.61 Å². The first kappa shape index (κ1) is 24.6. The number of aryl methyl sites for hydroxylation is 2. The second-order valence-electron chi connectivity index (χ2n) is 8.38. The van der Waals surface area contributed by atoms with E-state index in [0.29, 0.717) is 18.6 Å². The highest BCUT2D eigenvalue weighted by atomic mass is 19.3. The Morgan fingerprint density at radius 3 is 2.41 bits per heavy atom. The Morgan fingerprint density at radius 2 is 1.76 bits per heavy atom. The highest BCUT2D eigenvalue weighted by molar-refractivity contribution is 5.43. The number of rotatable bonds is 10. The van der Waals surface area contributed by atoms with E-state index in [1.54, 1.807) is 30.5 Å². The molecule has 1 saturated carbocycles. The van der Waals surface area contributed by atoms with Crippen molar-refractivity contribution in [3.63, 3.8) is 0 Å². The molecule has 0 radical (unpaired) electrons. The van der Waals surface area contributed by atoms with E-state index in [4.69, 9.17) is 19.9 Å². The first-order chi connectivity index (χ1) is 16.3. The molecule has 5 N–H and O–H groups in total. The molecule has 2 aliphatic rings. The topological polar surface area (TPSA) is 137 Å². The summed E-state index contributed by atoms with van der Waals surface area (Å²) in [5, 5.41) is 29.2. The number of pyridine rings is 1. The summed E-state index contributed by atoms with van der Waals surface area (Å²) in [4.78, 5) is 4.23. The summed E-state index contributed by atoms with van der Waals surface area (Å²) in [6, 6.07) is 7.34. The number of ether oxygens (including phenoxy) is 4. The van der Waals surface area contributed by atoms with Crippen molar-refractivity contribution >= 4 is 0 Å². The van der Waals surface area contributed by atoms with Crippen LogP contribution in [0.5, 0.6) is 17.4 Å². The molecule has 2 fully saturated rings. The average Bonchev–Trinajstić information content (AvgIpc) is 3.64. The summed E-state index contributed by atoms with van der Waals surface area (Å²) in [5.74, 6) is 0.551. The molecule has 0 spiro atoms. The summed E-state index contributed by atoms with van der Waals surface area (Å²) >= 11 is 0. The van der Waals surface area contributed by atoms with Gasteiger partial charge in [-0.25, -0.2) is 4.98 Å². The monoisotopic (exact) mass is 482 g/mol. The van der Waals surface area contributed by atoms with Crippen molar-refractivity contribution in [3.05, 3.63) is 47.7 Å².